The van der Waals surface area contributed by atoms with Crippen molar-refractivity contribution in [2.75, 3.05) is 0 Å². The van der Waals surface area contributed by atoms with Gasteiger partial charge in [-0.1, -0.05) is 28.1 Å². The van der Waals surface area contributed by atoms with E-state index in [9.17, 15) is 13.2 Å². The maximum Gasteiger partial charge on any atom is 0.129 e. The number of halogens is 5. The van der Waals surface area contributed by atoms with E-state index in [1.54, 1.807) is 12.1 Å². The lowest BCUT2D eigenvalue weighted by atomic mass is 10.0. The highest BCUT2D eigenvalue weighted by molar-refractivity contribution is 9.10. The molecule has 5 heteroatoms. The topological polar surface area (TPSA) is 0 Å². The van der Waals surface area contributed by atoms with Crippen LogP contribution in [0.4, 0.5) is 13.2 Å². The SMILES string of the molecule is Fc1ccc(CC(Cl)c2ccc(Br)cc2F)c(F)c1. The van der Waals surface area contributed by atoms with Gasteiger partial charge in [0.25, 0.3) is 0 Å². The summed E-state index contributed by atoms with van der Waals surface area (Å²) in [7, 11) is 0. The summed E-state index contributed by atoms with van der Waals surface area (Å²) < 4.78 is 40.6. The van der Waals surface area contributed by atoms with E-state index < -0.39 is 22.8 Å². The lowest BCUT2D eigenvalue weighted by Gasteiger charge is -2.12. The maximum atomic E-state index is 13.7. The molecule has 0 aliphatic rings. The van der Waals surface area contributed by atoms with Crippen LogP contribution in [0.5, 0.6) is 0 Å². The third-order valence-corrected chi connectivity index (χ3v) is 3.60. The van der Waals surface area contributed by atoms with Gasteiger partial charge in [0.2, 0.25) is 0 Å². The van der Waals surface area contributed by atoms with Crippen LogP contribution in [0.1, 0.15) is 16.5 Å². The van der Waals surface area contributed by atoms with Gasteiger partial charge in [-0.25, -0.2) is 13.2 Å². The Kier molecular flexibility index (Phi) is 4.53. The van der Waals surface area contributed by atoms with Gasteiger partial charge in [0.1, 0.15) is 17.5 Å². The summed E-state index contributed by atoms with van der Waals surface area (Å²) in [6.45, 7) is 0. The van der Waals surface area contributed by atoms with Gasteiger partial charge in [0, 0.05) is 16.1 Å². The molecule has 0 aromatic heterocycles. The average Bonchev–Trinajstić information content (AvgIpc) is 2.32. The van der Waals surface area contributed by atoms with E-state index in [4.69, 9.17) is 11.6 Å². The normalized spacial score (nSPS) is 12.5. The molecule has 0 N–H and O–H groups in total. The second-order valence-corrected chi connectivity index (χ2v) is 5.52. The van der Waals surface area contributed by atoms with Crippen LogP contribution in [-0.4, -0.2) is 0 Å². The third-order valence-electron chi connectivity index (χ3n) is 2.71. The summed E-state index contributed by atoms with van der Waals surface area (Å²) in [5.74, 6) is -1.79. The van der Waals surface area contributed by atoms with Crippen LogP contribution >= 0.6 is 27.5 Å². The lowest BCUT2D eigenvalue weighted by molar-refractivity contribution is 0.567. The van der Waals surface area contributed by atoms with Crippen LogP contribution in [0.15, 0.2) is 40.9 Å². The fourth-order valence-corrected chi connectivity index (χ4v) is 2.42. The molecule has 2 rings (SSSR count). The Morgan fingerprint density at radius 1 is 1.00 bits per heavy atom. The van der Waals surface area contributed by atoms with Crippen molar-refractivity contribution in [2.24, 2.45) is 0 Å². The van der Waals surface area contributed by atoms with Crippen molar-refractivity contribution in [3.05, 3.63) is 69.4 Å². The molecular formula is C14H9BrClF3. The van der Waals surface area contributed by atoms with E-state index in [1.165, 1.54) is 12.1 Å². The minimum Gasteiger partial charge on any atom is -0.207 e. The molecule has 0 spiro atoms. The van der Waals surface area contributed by atoms with Crippen LogP contribution in [0, 0.1) is 17.5 Å². The number of rotatable bonds is 3. The van der Waals surface area contributed by atoms with E-state index in [0.717, 1.165) is 12.1 Å². The number of alkyl halides is 1. The second kappa shape index (κ2) is 5.97. The monoisotopic (exact) mass is 348 g/mol. The molecule has 19 heavy (non-hydrogen) atoms. The molecule has 2 aromatic carbocycles. The standard InChI is InChI=1S/C14H9BrClF3/c15-9-2-4-11(14(19)6-9)12(16)5-8-1-3-10(17)7-13(8)18/h1-4,6-7,12H,5H2. The summed E-state index contributed by atoms with van der Waals surface area (Å²) in [6.07, 6.45) is 0.0895. The van der Waals surface area contributed by atoms with Crippen molar-refractivity contribution in [1.29, 1.82) is 0 Å². The molecule has 1 unspecified atom stereocenters. The number of hydrogen-bond donors (Lipinski definition) is 0. The Morgan fingerprint density at radius 3 is 2.37 bits per heavy atom. The van der Waals surface area contributed by atoms with Gasteiger partial charge in [-0.2, -0.15) is 0 Å². The molecule has 0 fully saturated rings. The molecule has 0 radical (unpaired) electrons. The van der Waals surface area contributed by atoms with Gasteiger partial charge < -0.3 is 0 Å². The van der Waals surface area contributed by atoms with Crippen LogP contribution < -0.4 is 0 Å². The minimum absolute atomic E-state index is 0.0895. The highest BCUT2D eigenvalue weighted by Gasteiger charge is 2.16. The largest absolute Gasteiger partial charge is 0.207 e. The third kappa shape index (κ3) is 3.51. The number of benzene rings is 2. The van der Waals surface area contributed by atoms with Gasteiger partial charge in [-0.15, -0.1) is 11.6 Å². The first kappa shape index (κ1) is 14.4. The molecule has 100 valence electrons. The fraction of sp³-hybridized carbons (Fsp3) is 0.143. The molecule has 1 atom stereocenters. The molecule has 0 aliphatic carbocycles. The first-order valence-electron chi connectivity index (χ1n) is 5.50. The summed E-state index contributed by atoms with van der Waals surface area (Å²) in [6, 6.07) is 7.76. The van der Waals surface area contributed by atoms with Crippen LogP contribution in [0.25, 0.3) is 0 Å². The fourth-order valence-electron chi connectivity index (χ4n) is 1.75. The molecule has 2 aromatic rings. The summed E-state index contributed by atoms with van der Waals surface area (Å²) in [5.41, 5.74) is 0.539. The zero-order valence-electron chi connectivity index (χ0n) is 9.64. The van der Waals surface area contributed by atoms with Gasteiger partial charge in [0.05, 0.1) is 5.38 Å². The van der Waals surface area contributed by atoms with Crippen molar-refractivity contribution < 1.29 is 13.2 Å². The maximum absolute atomic E-state index is 13.7. The van der Waals surface area contributed by atoms with E-state index in [1.807, 2.05) is 0 Å². The first-order chi connectivity index (χ1) is 8.97. The Hall–Kier alpha value is -1.00. The molecule has 0 bridgehead atoms. The van der Waals surface area contributed by atoms with E-state index in [-0.39, 0.29) is 17.5 Å². The van der Waals surface area contributed by atoms with Crippen molar-refractivity contribution in [1.82, 2.24) is 0 Å². The highest BCUT2D eigenvalue weighted by Crippen LogP contribution is 2.29. The van der Waals surface area contributed by atoms with Crippen molar-refractivity contribution >= 4 is 27.5 Å². The zero-order valence-corrected chi connectivity index (χ0v) is 12.0. The zero-order chi connectivity index (χ0) is 14.0. The van der Waals surface area contributed by atoms with Crippen LogP contribution in [0.3, 0.4) is 0 Å². The summed E-state index contributed by atoms with van der Waals surface area (Å²) in [5, 5.41) is -0.715. The van der Waals surface area contributed by atoms with Crippen LogP contribution in [0.2, 0.25) is 0 Å². The summed E-state index contributed by atoms with van der Waals surface area (Å²) in [4.78, 5) is 0. The van der Waals surface area contributed by atoms with Crippen LogP contribution in [-0.2, 0) is 6.42 Å². The van der Waals surface area contributed by atoms with E-state index in [0.29, 0.717) is 4.47 Å². The summed E-state index contributed by atoms with van der Waals surface area (Å²) >= 11 is 9.24. The Morgan fingerprint density at radius 2 is 1.74 bits per heavy atom. The van der Waals surface area contributed by atoms with Gasteiger partial charge in [-0.05, 0) is 30.2 Å². The average molecular weight is 350 g/mol. The van der Waals surface area contributed by atoms with Gasteiger partial charge in [-0.3, -0.25) is 0 Å². The Labute approximate surface area is 122 Å². The Balaban J connectivity index is 2.23. The van der Waals surface area contributed by atoms with Gasteiger partial charge >= 0.3 is 0 Å². The molecule has 0 aliphatic heterocycles. The second-order valence-electron chi connectivity index (χ2n) is 4.07. The van der Waals surface area contributed by atoms with Crippen molar-refractivity contribution in [3.63, 3.8) is 0 Å². The van der Waals surface area contributed by atoms with Gasteiger partial charge in [0.15, 0.2) is 0 Å². The molecule has 0 saturated heterocycles. The highest BCUT2D eigenvalue weighted by atomic mass is 79.9. The molecule has 0 heterocycles. The van der Waals surface area contributed by atoms with E-state index >= 15 is 0 Å². The lowest BCUT2D eigenvalue weighted by Crippen LogP contribution is -2.01. The quantitative estimate of drug-likeness (QED) is 0.652. The molecule has 0 amide bonds. The van der Waals surface area contributed by atoms with Crippen molar-refractivity contribution in [3.8, 4) is 0 Å². The minimum atomic E-state index is -0.715. The molecule has 0 nitrogen and oxygen atoms in total. The predicted molar refractivity (Wildman–Crippen MR) is 72.8 cm³/mol. The van der Waals surface area contributed by atoms with E-state index in [2.05, 4.69) is 15.9 Å². The first-order valence-corrected chi connectivity index (χ1v) is 6.73. The smallest absolute Gasteiger partial charge is 0.129 e. The molecule has 0 saturated carbocycles. The van der Waals surface area contributed by atoms with Crippen molar-refractivity contribution in [2.45, 2.75) is 11.8 Å². The predicted octanol–water partition coefficient (Wildman–Crippen LogP) is 5.39. The Bertz CT molecular complexity index is 601. The number of hydrogen-bond acceptors (Lipinski definition) is 0. The molecular weight excluding hydrogens is 341 g/mol.